The van der Waals surface area contributed by atoms with Crippen LogP contribution in [0.2, 0.25) is 0 Å². The summed E-state index contributed by atoms with van der Waals surface area (Å²) >= 11 is 0. The number of hydrogen-bond donors (Lipinski definition) is 0. The SMILES string of the molecule is CCc1ccc(C(=O)[C@@H](C)OC(=O)c2ccc3c(c2)C(=O)N(C)C3=O)cc1. The van der Waals surface area contributed by atoms with Gasteiger partial charge in [0.15, 0.2) is 6.10 Å². The highest BCUT2D eigenvalue weighted by atomic mass is 16.5. The average molecular weight is 365 g/mol. The van der Waals surface area contributed by atoms with Crippen LogP contribution in [0.25, 0.3) is 0 Å². The summed E-state index contributed by atoms with van der Waals surface area (Å²) in [7, 11) is 1.38. The van der Waals surface area contributed by atoms with E-state index in [2.05, 4.69) is 0 Å². The van der Waals surface area contributed by atoms with E-state index in [9.17, 15) is 19.2 Å². The van der Waals surface area contributed by atoms with Crippen LogP contribution in [0.3, 0.4) is 0 Å². The van der Waals surface area contributed by atoms with Gasteiger partial charge < -0.3 is 4.74 Å². The van der Waals surface area contributed by atoms with E-state index in [0.29, 0.717) is 5.56 Å². The normalized spacial score (nSPS) is 14.1. The van der Waals surface area contributed by atoms with Gasteiger partial charge in [-0.2, -0.15) is 0 Å². The molecule has 0 fully saturated rings. The second-order valence-corrected chi connectivity index (χ2v) is 6.39. The van der Waals surface area contributed by atoms with Crippen LogP contribution >= 0.6 is 0 Å². The Kier molecular flexibility index (Phi) is 4.90. The number of esters is 1. The number of hydrogen-bond acceptors (Lipinski definition) is 5. The van der Waals surface area contributed by atoms with Crippen LogP contribution < -0.4 is 0 Å². The van der Waals surface area contributed by atoms with Crippen molar-refractivity contribution < 1.29 is 23.9 Å². The Morgan fingerprint density at radius 3 is 2.19 bits per heavy atom. The number of nitrogens with zero attached hydrogens (tertiary/aromatic N) is 1. The van der Waals surface area contributed by atoms with Gasteiger partial charge in [-0.25, -0.2) is 4.79 Å². The molecule has 2 aromatic rings. The Morgan fingerprint density at radius 2 is 1.56 bits per heavy atom. The molecule has 6 heteroatoms. The van der Waals surface area contributed by atoms with E-state index in [1.165, 1.54) is 32.2 Å². The zero-order valence-corrected chi connectivity index (χ0v) is 15.3. The molecule has 6 nitrogen and oxygen atoms in total. The fraction of sp³-hybridized carbons (Fsp3) is 0.238. The molecule has 1 aliphatic heterocycles. The number of aryl methyl sites for hydroxylation is 1. The summed E-state index contributed by atoms with van der Waals surface area (Å²) in [6.45, 7) is 3.53. The summed E-state index contributed by atoms with van der Waals surface area (Å²) in [5, 5.41) is 0. The lowest BCUT2D eigenvalue weighted by Gasteiger charge is -2.13. The van der Waals surface area contributed by atoms with Gasteiger partial charge in [-0.15, -0.1) is 0 Å². The molecular formula is C21H19NO5. The molecule has 0 bridgehead atoms. The molecular weight excluding hydrogens is 346 g/mol. The second kappa shape index (κ2) is 7.15. The topological polar surface area (TPSA) is 80.8 Å². The molecule has 0 saturated carbocycles. The fourth-order valence-corrected chi connectivity index (χ4v) is 2.91. The summed E-state index contributed by atoms with van der Waals surface area (Å²) in [5.74, 6) is -1.91. The van der Waals surface area contributed by atoms with Crippen molar-refractivity contribution in [1.29, 1.82) is 0 Å². The van der Waals surface area contributed by atoms with Gasteiger partial charge >= 0.3 is 5.97 Å². The Balaban J connectivity index is 1.74. The van der Waals surface area contributed by atoms with E-state index < -0.39 is 23.9 Å². The van der Waals surface area contributed by atoms with Crippen LogP contribution in [0.1, 0.15) is 60.8 Å². The standard InChI is InChI=1S/C21H19NO5/c1-4-13-5-7-14(8-6-13)18(23)12(2)27-21(26)15-9-10-16-17(11-15)20(25)22(3)19(16)24/h5-12H,4H2,1-3H3/t12-/m1/s1. The summed E-state index contributed by atoms with van der Waals surface area (Å²) in [6.07, 6.45) is -0.105. The monoisotopic (exact) mass is 365 g/mol. The van der Waals surface area contributed by atoms with Gasteiger partial charge in [0.1, 0.15) is 0 Å². The number of fused-ring (bicyclic) bond motifs is 1. The number of amides is 2. The van der Waals surface area contributed by atoms with Crippen LogP contribution in [-0.4, -0.2) is 41.6 Å². The van der Waals surface area contributed by atoms with Crippen LogP contribution in [0.4, 0.5) is 0 Å². The fourth-order valence-electron chi connectivity index (χ4n) is 2.91. The zero-order chi connectivity index (χ0) is 19.7. The maximum absolute atomic E-state index is 12.5. The molecule has 3 rings (SSSR count). The van der Waals surface area contributed by atoms with E-state index in [4.69, 9.17) is 4.74 Å². The van der Waals surface area contributed by atoms with Crippen molar-refractivity contribution in [3.63, 3.8) is 0 Å². The Labute approximate surface area is 156 Å². The van der Waals surface area contributed by atoms with Gasteiger partial charge in [-0.3, -0.25) is 19.3 Å². The predicted octanol–water partition coefficient (Wildman–Crippen LogP) is 2.90. The first-order valence-electron chi connectivity index (χ1n) is 8.64. The van der Waals surface area contributed by atoms with Gasteiger partial charge in [-0.05, 0) is 37.1 Å². The van der Waals surface area contributed by atoms with Crippen molar-refractivity contribution >= 4 is 23.6 Å². The quantitative estimate of drug-likeness (QED) is 0.462. The third-order valence-electron chi connectivity index (χ3n) is 4.63. The van der Waals surface area contributed by atoms with E-state index in [1.54, 1.807) is 12.1 Å². The highest BCUT2D eigenvalue weighted by molar-refractivity contribution is 6.21. The van der Waals surface area contributed by atoms with Crippen molar-refractivity contribution in [2.24, 2.45) is 0 Å². The van der Waals surface area contributed by atoms with E-state index in [1.807, 2.05) is 19.1 Å². The molecule has 2 amide bonds. The number of rotatable bonds is 5. The minimum atomic E-state index is -0.974. The molecule has 1 atom stereocenters. The van der Waals surface area contributed by atoms with Gasteiger partial charge in [0.25, 0.3) is 11.8 Å². The number of benzene rings is 2. The number of ether oxygens (including phenoxy) is 1. The summed E-state index contributed by atoms with van der Waals surface area (Å²) < 4.78 is 5.26. The van der Waals surface area contributed by atoms with Crippen molar-refractivity contribution in [3.8, 4) is 0 Å². The molecule has 0 aromatic heterocycles. The van der Waals surface area contributed by atoms with E-state index in [-0.39, 0.29) is 22.5 Å². The van der Waals surface area contributed by atoms with Gasteiger partial charge in [0.2, 0.25) is 5.78 Å². The minimum absolute atomic E-state index is 0.117. The molecule has 0 unspecified atom stereocenters. The van der Waals surface area contributed by atoms with Crippen LogP contribution in [0.5, 0.6) is 0 Å². The molecule has 2 aromatic carbocycles. The second-order valence-electron chi connectivity index (χ2n) is 6.39. The molecule has 0 saturated heterocycles. The average Bonchev–Trinajstić information content (AvgIpc) is 2.91. The molecule has 1 aliphatic rings. The third-order valence-corrected chi connectivity index (χ3v) is 4.63. The zero-order valence-electron chi connectivity index (χ0n) is 15.3. The van der Waals surface area contributed by atoms with Crippen LogP contribution in [0, 0.1) is 0 Å². The van der Waals surface area contributed by atoms with E-state index in [0.717, 1.165) is 16.9 Å². The summed E-state index contributed by atoms with van der Waals surface area (Å²) in [6, 6.07) is 11.3. The highest BCUT2D eigenvalue weighted by Gasteiger charge is 2.33. The Morgan fingerprint density at radius 1 is 0.963 bits per heavy atom. The summed E-state index contributed by atoms with van der Waals surface area (Å²) in [5.41, 5.74) is 2.10. The van der Waals surface area contributed by atoms with Crippen molar-refractivity contribution in [3.05, 3.63) is 70.3 Å². The predicted molar refractivity (Wildman–Crippen MR) is 97.9 cm³/mol. The molecule has 0 N–H and O–H groups in total. The molecule has 27 heavy (non-hydrogen) atoms. The highest BCUT2D eigenvalue weighted by Crippen LogP contribution is 2.23. The number of carbonyl (C=O) groups excluding carboxylic acids is 4. The maximum atomic E-state index is 12.5. The number of Topliss-reactive ketones (excluding diaryl/α,β-unsaturated/α-hetero) is 1. The Bertz CT molecular complexity index is 946. The Hall–Kier alpha value is -3.28. The van der Waals surface area contributed by atoms with E-state index >= 15 is 0 Å². The lowest BCUT2D eigenvalue weighted by atomic mass is 10.0. The van der Waals surface area contributed by atoms with Crippen molar-refractivity contribution in [1.82, 2.24) is 4.90 Å². The largest absolute Gasteiger partial charge is 0.451 e. The lowest BCUT2D eigenvalue weighted by Crippen LogP contribution is -2.25. The lowest BCUT2D eigenvalue weighted by molar-refractivity contribution is 0.0318. The third kappa shape index (κ3) is 3.38. The number of carbonyl (C=O) groups is 4. The first-order valence-corrected chi connectivity index (χ1v) is 8.64. The molecule has 0 aliphatic carbocycles. The van der Waals surface area contributed by atoms with Gasteiger partial charge in [0.05, 0.1) is 16.7 Å². The maximum Gasteiger partial charge on any atom is 0.338 e. The number of ketones is 1. The van der Waals surface area contributed by atoms with Crippen LogP contribution in [-0.2, 0) is 11.2 Å². The molecule has 0 radical (unpaired) electrons. The summed E-state index contributed by atoms with van der Waals surface area (Å²) in [4.78, 5) is 49.8. The van der Waals surface area contributed by atoms with Gasteiger partial charge in [0, 0.05) is 12.6 Å². The van der Waals surface area contributed by atoms with Crippen LogP contribution in [0.15, 0.2) is 42.5 Å². The minimum Gasteiger partial charge on any atom is -0.451 e. The molecule has 138 valence electrons. The molecule has 1 heterocycles. The number of imide groups is 1. The first-order chi connectivity index (χ1) is 12.8. The molecule has 0 spiro atoms. The van der Waals surface area contributed by atoms with Crippen molar-refractivity contribution in [2.45, 2.75) is 26.4 Å². The first kappa shape index (κ1) is 18.5. The van der Waals surface area contributed by atoms with Gasteiger partial charge in [-0.1, -0.05) is 31.2 Å². The van der Waals surface area contributed by atoms with Crippen molar-refractivity contribution in [2.75, 3.05) is 7.05 Å². The smallest absolute Gasteiger partial charge is 0.338 e.